The van der Waals surface area contributed by atoms with Gasteiger partial charge >= 0.3 is 0 Å². The van der Waals surface area contributed by atoms with Crippen LogP contribution in [0.3, 0.4) is 0 Å². The predicted octanol–water partition coefficient (Wildman–Crippen LogP) is 1.98. The van der Waals surface area contributed by atoms with Crippen LogP contribution in [-0.2, 0) is 6.42 Å². The molecule has 1 rings (SSSR count). The molecule has 0 saturated carbocycles. The average molecular weight is 207 g/mol. The summed E-state index contributed by atoms with van der Waals surface area (Å²) in [6.45, 7) is 6.50. The summed E-state index contributed by atoms with van der Waals surface area (Å²) < 4.78 is 0. The third kappa shape index (κ3) is 3.33. The van der Waals surface area contributed by atoms with Gasteiger partial charge in [-0.25, -0.2) is 0 Å². The summed E-state index contributed by atoms with van der Waals surface area (Å²) in [4.78, 5) is 0. The molecule has 3 N–H and O–H groups in total. The van der Waals surface area contributed by atoms with Crippen LogP contribution in [0.1, 0.15) is 36.5 Å². The van der Waals surface area contributed by atoms with E-state index < -0.39 is 0 Å². The van der Waals surface area contributed by atoms with Crippen molar-refractivity contribution in [3.05, 3.63) is 34.9 Å². The molecule has 0 aliphatic carbocycles. The minimum absolute atomic E-state index is 0.0470. The molecule has 0 aliphatic rings. The molecule has 0 spiro atoms. The van der Waals surface area contributed by atoms with Crippen molar-refractivity contribution in [2.24, 2.45) is 5.73 Å². The Bertz CT molecular complexity index is 320. The zero-order valence-corrected chi connectivity index (χ0v) is 9.83. The molecule has 2 nitrogen and oxygen atoms in total. The molecule has 1 unspecified atom stereocenters. The van der Waals surface area contributed by atoms with Crippen LogP contribution in [-0.4, -0.2) is 17.8 Å². The van der Waals surface area contributed by atoms with E-state index in [4.69, 9.17) is 10.8 Å². The lowest BCUT2D eigenvalue weighted by Crippen LogP contribution is -2.27. The van der Waals surface area contributed by atoms with Crippen molar-refractivity contribution in [3.63, 3.8) is 0 Å². The highest BCUT2D eigenvalue weighted by Gasteiger charge is 2.07. The van der Waals surface area contributed by atoms with Crippen LogP contribution in [0.4, 0.5) is 0 Å². The number of hydrogen-bond donors (Lipinski definition) is 2. The molecule has 2 heteroatoms. The summed E-state index contributed by atoms with van der Waals surface area (Å²) in [6, 6.07) is 6.35. The fourth-order valence-electron chi connectivity index (χ4n) is 1.62. The third-order valence-corrected chi connectivity index (χ3v) is 2.76. The molecular weight excluding hydrogens is 186 g/mol. The lowest BCUT2D eigenvalue weighted by atomic mass is 9.95. The molecule has 1 aromatic rings. The zero-order valence-electron chi connectivity index (χ0n) is 9.83. The number of rotatable bonds is 4. The van der Waals surface area contributed by atoms with E-state index in [1.54, 1.807) is 0 Å². The quantitative estimate of drug-likeness (QED) is 0.793. The van der Waals surface area contributed by atoms with E-state index in [9.17, 15) is 0 Å². The molecule has 1 aromatic carbocycles. The number of benzene rings is 1. The van der Waals surface area contributed by atoms with Crippen molar-refractivity contribution in [3.8, 4) is 0 Å². The maximum absolute atomic E-state index is 8.94. The highest BCUT2D eigenvalue weighted by atomic mass is 16.3. The summed E-state index contributed by atoms with van der Waals surface area (Å²) >= 11 is 0. The molecule has 84 valence electrons. The van der Waals surface area contributed by atoms with Gasteiger partial charge < -0.3 is 10.8 Å². The van der Waals surface area contributed by atoms with Crippen molar-refractivity contribution >= 4 is 0 Å². The summed E-state index contributed by atoms with van der Waals surface area (Å²) in [5, 5.41) is 8.94. The minimum Gasteiger partial charge on any atom is -0.395 e. The second-order valence-electron chi connectivity index (χ2n) is 4.49. The monoisotopic (exact) mass is 207 g/mol. The van der Waals surface area contributed by atoms with Gasteiger partial charge in [0, 0.05) is 6.04 Å². The fraction of sp³-hybridized carbons (Fsp3) is 0.538. The Hall–Kier alpha value is -0.860. The predicted molar refractivity (Wildman–Crippen MR) is 64.0 cm³/mol. The lowest BCUT2D eigenvalue weighted by Gasteiger charge is -2.14. The van der Waals surface area contributed by atoms with Crippen LogP contribution in [0, 0.1) is 6.92 Å². The van der Waals surface area contributed by atoms with Gasteiger partial charge in [-0.3, -0.25) is 0 Å². The fourth-order valence-corrected chi connectivity index (χ4v) is 1.62. The van der Waals surface area contributed by atoms with E-state index in [2.05, 4.69) is 39.0 Å². The molecule has 15 heavy (non-hydrogen) atoms. The molecule has 1 atom stereocenters. The normalized spacial score (nSPS) is 13.2. The van der Waals surface area contributed by atoms with E-state index in [-0.39, 0.29) is 12.6 Å². The van der Waals surface area contributed by atoms with Gasteiger partial charge in [0.15, 0.2) is 0 Å². The summed E-state index contributed by atoms with van der Waals surface area (Å²) in [5.74, 6) is 0.537. The smallest absolute Gasteiger partial charge is 0.0585 e. The SMILES string of the molecule is Cc1ccc(C(C)C)cc1CC(N)CO. The highest BCUT2D eigenvalue weighted by molar-refractivity contribution is 5.33. The zero-order chi connectivity index (χ0) is 11.4. The van der Waals surface area contributed by atoms with Crippen LogP contribution in [0.2, 0.25) is 0 Å². The second-order valence-corrected chi connectivity index (χ2v) is 4.49. The van der Waals surface area contributed by atoms with Gasteiger partial charge in [-0.2, -0.15) is 0 Å². The maximum atomic E-state index is 8.94. The second kappa shape index (κ2) is 5.29. The van der Waals surface area contributed by atoms with Gasteiger partial charge in [0.05, 0.1) is 6.61 Å². The molecule has 0 bridgehead atoms. The maximum Gasteiger partial charge on any atom is 0.0585 e. The Kier molecular flexibility index (Phi) is 4.30. The Labute approximate surface area is 92.1 Å². The Morgan fingerprint density at radius 2 is 2.00 bits per heavy atom. The molecule has 0 heterocycles. The number of aryl methyl sites for hydroxylation is 1. The van der Waals surface area contributed by atoms with E-state index in [1.807, 2.05) is 0 Å². The first kappa shape index (κ1) is 12.2. The van der Waals surface area contributed by atoms with Crippen LogP contribution in [0.5, 0.6) is 0 Å². The van der Waals surface area contributed by atoms with Gasteiger partial charge in [-0.05, 0) is 36.0 Å². The average Bonchev–Trinajstić information content (AvgIpc) is 2.20. The summed E-state index contributed by atoms with van der Waals surface area (Å²) in [5.41, 5.74) is 9.59. The topological polar surface area (TPSA) is 46.2 Å². The van der Waals surface area contributed by atoms with Crippen molar-refractivity contribution in [2.45, 2.75) is 39.2 Å². The molecule has 0 aromatic heterocycles. The van der Waals surface area contributed by atoms with E-state index in [1.165, 1.54) is 16.7 Å². The molecule has 0 fully saturated rings. The third-order valence-electron chi connectivity index (χ3n) is 2.76. The Balaban J connectivity index is 2.90. The number of nitrogens with two attached hydrogens (primary N) is 1. The lowest BCUT2D eigenvalue weighted by molar-refractivity contribution is 0.265. The van der Waals surface area contributed by atoms with Gasteiger partial charge in [0.1, 0.15) is 0 Å². The van der Waals surface area contributed by atoms with E-state index >= 15 is 0 Å². The van der Waals surface area contributed by atoms with Gasteiger partial charge in [-0.1, -0.05) is 32.0 Å². The Morgan fingerprint density at radius 1 is 1.33 bits per heavy atom. The van der Waals surface area contributed by atoms with Crippen LogP contribution in [0.25, 0.3) is 0 Å². The molecular formula is C13H21NO. The largest absolute Gasteiger partial charge is 0.395 e. The van der Waals surface area contributed by atoms with Crippen LogP contribution < -0.4 is 5.73 Å². The molecule has 0 radical (unpaired) electrons. The number of hydrogen-bond acceptors (Lipinski definition) is 2. The van der Waals surface area contributed by atoms with Crippen LogP contribution >= 0.6 is 0 Å². The molecule has 0 saturated heterocycles. The first-order chi connectivity index (χ1) is 7.04. The Morgan fingerprint density at radius 3 is 2.53 bits per heavy atom. The summed E-state index contributed by atoms with van der Waals surface area (Å²) in [7, 11) is 0. The first-order valence-corrected chi connectivity index (χ1v) is 5.50. The van der Waals surface area contributed by atoms with Crippen LogP contribution in [0.15, 0.2) is 18.2 Å². The molecule has 0 amide bonds. The van der Waals surface area contributed by atoms with Gasteiger partial charge in [0.2, 0.25) is 0 Å². The van der Waals surface area contributed by atoms with E-state index in [0.29, 0.717) is 5.92 Å². The van der Waals surface area contributed by atoms with Crippen molar-refractivity contribution in [2.75, 3.05) is 6.61 Å². The van der Waals surface area contributed by atoms with E-state index in [0.717, 1.165) is 6.42 Å². The molecule has 0 aliphatic heterocycles. The highest BCUT2D eigenvalue weighted by Crippen LogP contribution is 2.19. The van der Waals surface area contributed by atoms with Gasteiger partial charge in [0.25, 0.3) is 0 Å². The van der Waals surface area contributed by atoms with Crippen molar-refractivity contribution in [1.29, 1.82) is 0 Å². The summed E-state index contributed by atoms with van der Waals surface area (Å²) in [6.07, 6.45) is 0.753. The first-order valence-electron chi connectivity index (χ1n) is 5.50. The van der Waals surface area contributed by atoms with Crippen molar-refractivity contribution in [1.82, 2.24) is 0 Å². The van der Waals surface area contributed by atoms with Gasteiger partial charge in [-0.15, -0.1) is 0 Å². The number of aliphatic hydroxyl groups is 1. The standard InChI is InChI=1S/C13H21NO/c1-9(2)11-5-4-10(3)12(6-11)7-13(14)8-15/h4-6,9,13,15H,7-8,14H2,1-3H3. The minimum atomic E-state index is -0.147. The van der Waals surface area contributed by atoms with Crippen molar-refractivity contribution < 1.29 is 5.11 Å². The number of aliphatic hydroxyl groups excluding tert-OH is 1.